The molecule has 0 amide bonds. The number of nitro benzene ring substituents is 1. The summed E-state index contributed by atoms with van der Waals surface area (Å²) in [5, 5.41) is 11.6. The number of nitrogens with zero attached hydrogens (tertiary/aromatic N) is 4. The van der Waals surface area contributed by atoms with E-state index in [1.807, 2.05) is 4.90 Å². The maximum atomic E-state index is 12.7. The van der Waals surface area contributed by atoms with E-state index in [0.29, 0.717) is 24.7 Å². The summed E-state index contributed by atoms with van der Waals surface area (Å²) in [5.74, 6) is 0.344. The number of hydrogen-bond donors (Lipinski definition) is 1. The van der Waals surface area contributed by atoms with Crippen LogP contribution < -0.4 is 14.4 Å². The monoisotopic (exact) mass is 421 g/mol. The lowest BCUT2D eigenvalue weighted by molar-refractivity contribution is -0.384. The van der Waals surface area contributed by atoms with Gasteiger partial charge in [-0.2, -0.15) is 0 Å². The van der Waals surface area contributed by atoms with Gasteiger partial charge in [0.25, 0.3) is 15.7 Å². The lowest BCUT2D eigenvalue weighted by Crippen LogP contribution is -2.46. The number of methoxy groups -OCH3 is 1. The molecule has 0 radical (unpaired) electrons. The molecule has 29 heavy (non-hydrogen) atoms. The predicted octanol–water partition coefficient (Wildman–Crippen LogP) is 1.94. The number of rotatable bonds is 7. The maximum Gasteiger partial charge on any atom is 0.293 e. The summed E-state index contributed by atoms with van der Waals surface area (Å²) in [4.78, 5) is 19.0. The van der Waals surface area contributed by atoms with Crippen LogP contribution in [0.4, 0.5) is 17.1 Å². The van der Waals surface area contributed by atoms with E-state index in [9.17, 15) is 18.5 Å². The van der Waals surface area contributed by atoms with Crippen molar-refractivity contribution in [2.75, 3.05) is 49.5 Å². The van der Waals surface area contributed by atoms with E-state index in [-0.39, 0.29) is 16.3 Å². The highest BCUT2D eigenvalue weighted by Crippen LogP contribution is 2.32. The lowest BCUT2D eigenvalue weighted by atomic mass is 10.2. The minimum atomic E-state index is -4.01. The molecule has 0 unspecified atom stereocenters. The third-order valence-electron chi connectivity index (χ3n) is 4.81. The van der Waals surface area contributed by atoms with Gasteiger partial charge in [0, 0.05) is 38.3 Å². The van der Waals surface area contributed by atoms with Gasteiger partial charge in [-0.05, 0) is 24.7 Å². The molecule has 1 aliphatic heterocycles. The zero-order valence-electron chi connectivity index (χ0n) is 16.2. The predicted molar refractivity (Wildman–Crippen MR) is 109 cm³/mol. The Morgan fingerprint density at radius 2 is 1.93 bits per heavy atom. The molecule has 1 saturated heterocycles. The van der Waals surface area contributed by atoms with Gasteiger partial charge in [0.15, 0.2) is 0 Å². The number of likely N-dealkylation sites (N-methyl/N-ethyl adjacent to an activating group) is 1. The minimum absolute atomic E-state index is 0.184. The van der Waals surface area contributed by atoms with Crippen molar-refractivity contribution in [3.05, 3.63) is 46.6 Å². The van der Waals surface area contributed by atoms with Crippen LogP contribution >= 0.6 is 0 Å². The zero-order valence-corrected chi connectivity index (χ0v) is 17.1. The van der Waals surface area contributed by atoms with Gasteiger partial charge in [0.2, 0.25) is 5.88 Å². The summed E-state index contributed by atoms with van der Waals surface area (Å²) in [5.41, 5.74) is 0.426. The van der Waals surface area contributed by atoms with Crippen LogP contribution in [0.15, 0.2) is 41.4 Å². The molecule has 0 spiro atoms. The highest BCUT2D eigenvalue weighted by molar-refractivity contribution is 7.92. The van der Waals surface area contributed by atoms with Crippen LogP contribution in [0.3, 0.4) is 0 Å². The van der Waals surface area contributed by atoms with Crippen LogP contribution in [-0.4, -0.2) is 63.1 Å². The average molecular weight is 421 g/mol. The first-order valence-electron chi connectivity index (χ1n) is 9.12. The fourth-order valence-electron chi connectivity index (χ4n) is 3.16. The Balaban J connectivity index is 1.86. The van der Waals surface area contributed by atoms with Gasteiger partial charge in [0.05, 0.1) is 28.8 Å². The molecule has 0 aliphatic carbocycles. The number of aromatic nitrogens is 1. The number of hydrogen-bond acceptors (Lipinski definition) is 8. The Hall–Kier alpha value is -2.92. The number of anilines is 2. The van der Waals surface area contributed by atoms with Crippen LogP contribution in [0.2, 0.25) is 0 Å². The van der Waals surface area contributed by atoms with Crippen molar-refractivity contribution in [3.8, 4) is 5.88 Å². The van der Waals surface area contributed by atoms with Crippen molar-refractivity contribution in [2.45, 2.75) is 11.8 Å². The second kappa shape index (κ2) is 8.62. The van der Waals surface area contributed by atoms with Crippen molar-refractivity contribution in [3.63, 3.8) is 0 Å². The molecule has 3 rings (SSSR count). The first kappa shape index (κ1) is 20.8. The van der Waals surface area contributed by atoms with E-state index in [4.69, 9.17) is 4.74 Å². The van der Waals surface area contributed by atoms with Crippen molar-refractivity contribution < 1.29 is 18.1 Å². The second-order valence-corrected chi connectivity index (χ2v) is 8.21. The molecule has 0 saturated carbocycles. The first-order chi connectivity index (χ1) is 13.8. The van der Waals surface area contributed by atoms with Crippen molar-refractivity contribution >= 4 is 27.1 Å². The molecule has 1 aliphatic rings. The molecule has 11 heteroatoms. The zero-order chi connectivity index (χ0) is 21.0. The van der Waals surface area contributed by atoms with Gasteiger partial charge >= 0.3 is 0 Å². The molecule has 10 nitrogen and oxygen atoms in total. The number of nitrogens with one attached hydrogen (secondary N) is 1. The van der Waals surface area contributed by atoms with E-state index in [1.54, 1.807) is 0 Å². The molecule has 156 valence electrons. The van der Waals surface area contributed by atoms with Gasteiger partial charge in [-0.25, -0.2) is 13.4 Å². The second-order valence-electron chi connectivity index (χ2n) is 6.52. The quantitative estimate of drug-likeness (QED) is 0.532. The van der Waals surface area contributed by atoms with Gasteiger partial charge < -0.3 is 14.5 Å². The lowest BCUT2D eigenvalue weighted by Gasteiger charge is -2.35. The van der Waals surface area contributed by atoms with Crippen LogP contribution in [0, 0.1) is 10.1 Å². The summed E-state index contributed by atoms with van der Waals surface area (Å²) < 4.78 is 32.7. The van der Waals surface area contributed by atoms with Crippen molar-refractivity contribution in [2.24, 2.45) is 0 Å². The third-order valence-corrected chi connectivity index (χ3v) is 6.19. The smallest absolute Gasteiger partial charge is 0.293 e. The molecule has 2 aromatic rings. The maximum absolute atomic E-state index is 12.7. The normalized spacial score (nSPS) is 15.2. The van der Waals surface area contributed by atoms with Crippen LogP contribution in [0.1, 0.15) is 6.92 Å². The number of benzene rings is 1. The van der Waals surface area contributed by atoms with Gasteiger partial charge in [-0.3, -0.25) is 14.8 Å². The van der Waals surface area contributed by atoms with Crippen molar-refractivity contribution in [1.82, 2.24) is 9.88 Å². The SMILES string of the molecule is CCN1CCN(c2ccc(S(=O)(=O)Nc3ccc(OC)nc3)cc2[N+](=O)[O-])CC1. The largest absolute Gasteiger partial charge is 0.481 e. The molecule has 1 fully saturated rings. The highest BCUT2D eigenvalue weighted by Gasteiger charge is 2.26. The summed E-state index contributed by atoms with van der Waals surface area (Å²) in [6.45, 7) is 5.91. The highest BCUT2D eigenvalue weighted by atomic mass is 32.2. The van der Waals surface area contributed by atoms with Crippen LogP contribution in [0.25, 0.3) is 0 Å². The van der Waals surface area contributed by atoms with Crippen LogP contribution in [-0.2, 0) is 10.0 Å². The summed E-state index contributed by atoms with van der Waals surface area (Å²) >= 11 is 0. The van der Waals surface area contributed by atoms with E-state index in [2.05, 4.69) is 21.5 Å². The summed E-state index contributed by atoms with van der Waals surface area (Å²) in [7, 11) is -2.56. The van der Waals surface area contributed by atoms with E-state index < -0.39 is 14.9 Å². The van der Waals surface area contributed by atoms with Gasteiger partial charge in [-0.15, -0.1) is 0 Å². The summed E-state index contributed by atoms with van der Waals surface area (Å²) in [6.07, 6.45) is 1.31. The Kier molecular flexibility index (Phi) is 6.18. The standard InChI is InChI=1S/C18H23N5O5S/c1-3-21-8-10-22(11-9-21)16-6-5-15(12-17(16)23(24)25)29(26,27)20-14-4-7-18(28-2)19-13-14/h4-7,12-13,20H,3,8-11H2,1-2H3. The van der Waals surface area contributed by atoms with Gasteiger partial charge in [-0.1, -0.05) is 6.92 Å². The third kappa shape index (κ3) is 4.74. The Morgan fingerprint density at radius 1 is 1.21 bits per heavy atom. The topological polar surface area (TPSA) is 118 Å². The Labute approximate surface area is 169 Å². The molecule has 0 bridgehead atoms. The molecule has 0 atom stereocenters. The fourth-order valence-corrected chi connectivity index (χ4v) is 4.23. The first-order valence-corrected chi connectivity index (χ1v) is 10.6. The number of nitro groups is 1. The van der Waals surface area contributed by atoms with E-state index >= 15 is 0 Å². The number of piperazine rings is 1. The molecule has 1 aromatic carbocycles. The average Bonchev–Trinajstić information content (AvgIpc) is 2.73. The van der Waals surface area contributed by atoms with Crippen molar-refractivity contribution in [1.29, 1.82) is 0 Å². The molecular weight excluding hydrogens is 398 g/mol. The van der Waals surface area contributed by atoms with Crippen LogP contribution in [0.5, 0.6) is 5.88 Å². The molecule has 2 heterocycles. The van der Waals surface area contributed by atoms with E-state index in [1.165, 1.54) is 37.6 Å². The number of pyridine rings is 1. The minimum Gasteiger partial charge on any atom is -0.481 e. The molecular formula is C18H23N5O5S. The molecule has 1 aromatic heterocycles. The molecule has 1 N–H and O–H groups in total. The fraction of sp³-hybridized carbons (Fsp3) is 0.389. The Morgan fingerprint density at radius 3 is 2.48 bits per heavy atom. The van der Waals surface area contributed by atoms with E-state index in [0.717, 1.165) is 25.7 Å². The van der Waals surface area contributed by atoms with Gasteiger partial charge in [0.1, 0.15) is 5.69 Å². The number of sulfonamides is 1. The number of ether oxygens (including phenoxy) is 1. The summed E-state index contributed by atoms with van der Waals surface area (Å²) in [6, 6.07) is 6.99. The Bertz CT molecular complexity index is 973.